The quantitative estimate of drug-likeness (QED) is 0.792. The summed E-state index contributed by atoms with van der Waals surface area (Å²) in [7, 11) is 0. The predicted octanol–water partition coefficient (Wildman–Crippen LogP) is 3.92. The topological polar surface area (TPSA) is 26.3 Å². The van der Waals surface area contributed by atoms with E-state index in [-0.39, 0.29) is 11.9 Å². The Labute approximate surface area is 117 Å². The Morgan fingerprint density at radius 3 is 2.63 bits per heavy atom. The highest BCUT2D eigenvalue weighted by Crippen LogP contribution is 2.30. The summed E-state index contributed by atoms with van der Waals surface area (Å²) < 4.78 is 5.78. The first-order valence-electron chi connectivity index (χ1n) is 6.26. The Bertz CT molecular complexity index is 579. The van der Waals surface area contributed by atoms with E-state index in [1.54, 1.807) is 24.3 Å². The van der Waals surface area contributed by atoms with Gasteiger partial charge in [-0.25, -0.2) is 0 Å². The Morgan fingerprint density at radius 1 is 1.16 bits per heavy atom. The Hall–Kier alpha value is -1.80. The van der Waals surface area contributed by atoms with Crippen LogP contribution in [-0.2, 0) is 6.42 Å². The lowest BCUT2D eigenvalue weighted by molar-refractivity contribution is 0.0924. The number of carbonyl (C=O) groups is 1. The van der Waals surface area contributed by atoms with Crippen LogP contribution in [0.1, 0.15) is 22.3 Å². The van der Waals surface area contributed by atoms with Crippen LogP contribution >= 0.6 is 11.6 Å². The molecule has 1 heterocycles. The molecule has 2 aromatic rings. The van der Waals surface area contributed by atoms with E-state index in [0.29, 0.717) is 17.0 Å². The van der Waals surface area contributed by atoms with E-state index in [0.717, 1.165) is 12.2 Å². The average molecular weight is 273 g/mol. The molecule has 0 saturated carbocycles. The molecule has 96 valence electrons. The summed E-state index contributed by atoms with van der Waals surface area (Å²) in [5.41, 5.74) is 1.86. The van der Waals surface area contributed by atoms with Crippen LogP contribution in [0, 0.1) is 0 Å². The van der Waals surface area contributed by atoms with Gasteiger partial charge in [0.25, 0.3) is 0 Å². The molecule has 2 aromatic carbocycles. The van der Waals surface area contributed by atoms with Crippen molar-refractivity contribution < 1.29 is 9.53 Å². The van der Waals surface area contributed by atoms with Gasteiger partial charge in [0.1, 0.15) is 11.9 Å². The second-order valence-corrected chi connectivity index (χ2v) is 5.12. The number of halogens is 1. The van der Waals surface area contributed by atoms with Crippen molar-refractivity contribution >= 4 is 17.4 Å². The number of hydrogen-bond donors (Lipinski definition) is 0. The zero-order valence-corrected chi connectivity index (χ0v) is 11.1. The smallest absolute Gasteiger partial charge is 0.166 e. The van der Waals surface area contributed by atoms with Gasteiger partial charge in [-0.1, -0.05) is 29.8 Å². The molecular weight excluding hydrogens is 260 g/mol. The van der Waals surface area contributed by atoms with Crippen molar-refractivity contribution in [1.82, 2.24) is 0 Å². The summed E-state index contributed by atoms with van der Waals surface area (Å²) in [6.07, 6.45) is 1.15. The number of para-hydroxylation sites is 1. The Balaban J connectivity index is 1.67. The van der Waals surface area contributed by atoms with Gasteiger partial charge in [0.15, 0.2) is 5.78 Å². The largest absolute Gasteiger partial charge is 0.489 e. The van der Waals surface area contributed by atoms with E-state index in [4.69, 9.17) is 16.3 Å². The van der Waals surface area contributed by atoms with Crippen LogP contribution in [0.4, 0.5) is 0 Å². The minimum Gasteiger partial charge on any atom is -0.489 e. The van der Waals surface area contributed by atoms with Gasteiger partial charge in [-0.2, -0.15) is 0 Å². The molecule has 0 amide bonds. The molecule has 0 fully saturated rings. The van der Waals surface area contributed by atoms with Gasteiger partial charge in [-0.15, -0.1) is 0 Å². The molecule has 0 spiro atoms. The zero-order chi connectivity index (χ0) is 13.2. The third kappa shape index (κ3) is 2.64. The summed E-state index contributed by atoms with van der Waals surface area (Å²) in [6.45, 7) is 0. The monoisotopic (exact) mass is 272 g/mol. The number of Topliss-reactive ketones (excluding diaryl/α,β-unsaturated/α-hetero) is 1. The molecule has 2 nitrogen and oxygen atoms in total. The van der Waals surface area contributed by atoms with E-state index in [1.807, 2.05) is 24.3 Å². The third-order valence-corrected chi connectivity index (χ3v) is 3.55. The molecule has 1 aliphatic heterocycles. The lowest BCUT2D eigenvalue weighted by atomic mass is 10.0. The predicted molar refractivity (Wildman–Crippen MR) is 75.0 cm³/mol. The van der Waals surface area contributed by atoms with Crippen LogP contribution in [0.5, 0.6) is 5.75 Å². The van der Waals surface area contributed by atoms with Crippen LogP contribution in [0.2, 0.25) is 5.02 Å². The average Bonchev–Trinajstić information content (AvgIpc) is 2.81. The van der Waals surface area contributed by atoms with Gasteiger partial charge in [-0.3, -0.25) is 4.79 Å². The van der Waals surface area contributed by atoms with Crippen molar-refractivity contribution in [3.63, 3.8) is 0 Å². The van der Waals surface area contributed by atoms with E-state index in [2.05, 4.69) is 0 Å². The maximum Gasteiger partial charge on any atom is 0.166 e. The van der Waals surface area contributed by atoms with Crippen LogP contribution < -0.4 is 4.74 Å². The van der Waals surface area contributed by atoms with Crippen molar-refractivity contribution in [1.29, 1.82) is 0 Å². The molecule has 0 radical (unpaired) electrons. The molecule has 0 unspecified atom stereocenters. The number of ketones is 1. The second-order valence-electron chi connectivity index (χ2n) is 4.69. The van der Waals surface area contributed by atoms with E-state index < -0.39 is 0 Å². The van der Waals surface area contributed by atoms with Crippen LogP contribution in [0.3, 0.4) is 0 Å². The number of rotatable bonds is 3. The van der Waals surface area contributed by atoms with Crippen LogP contribution in [-0.4, -0.2) is 11.9 Å². The van der Waals surface area contributed by atoms with E-state index in [9.17, 15) is 4.79 Å². The first-order chi connectivity index (χ1) is 9.22. The van der Waals surface area contributed by atoms with Crippen LogP contribution in [0.15, 0.2) is 48.5 Å². The fourth-order valence-corrected chi connectivity index (χ4v) is 2.45. The first-order valence-corrected chi connectivity index (χ1v) is 6.63. The lowest BCUT2D eigenvalue weighted by Crippen LogP contribution is -2.18. The van der Waals surface area contributed by atoms with Gasteiger partial charge < -0.3 is 4.74 Å². The maximum atomic E-state index is 12.1. The summed E-state index contributed by atoms with van der Waals surface area (Å²) in [4.78, 5) is 12.1. The normalized spacial score (nSPS) is 16.8. The van der Waals surface area contributed by atoms with Crippen molar-refractivity contribution in [3.8, 4) is 5.75 Å². The third-order valence-electron chi connectivity index (χ3n) is 3.29. The molecule has 1 atom stereocenters. The van der Waals surface area contributed by atoms with E-state index >= 15 is 0 Å². The fraction of sp³-hybridized carbons (Fsp3) is 0.188. The molecule has 0 N–H and O–H groups in total. The summed E-state index contributed by atoms with van der Waals surface area (Å²) >= 11 is 5.81. The van der Waals surface area contributed by atoms with Gasteiger partial charge in [0, 0.05) is 23.4 Å². The van der Waals surface area contributed by atoms with Gasteiger partial charge in [0.05, 0.1) is 0 Å². The summed E-state index contributed by atoms with van der Waals surface area (Å²) in [5.74, 6) is 0.992. The van der Waals surface area contributed by atoms with Gasteiger partial charge in [-0.05, 0) is 35.9 Å². The number of fused-ring (bicyclic) bond motifs is 1. The molecule has 0 aliphatic carbocycles. The highest BCUT2D eigenvalue weighted by Gasteiger charge is 2.24. The standard InChI is InChI=1S/C16H13ClO2/c17-13-7-5-11(6-8-13)15(18)10-14-9-12-3-1-2-4-16(12)19-14/h1-8,14H,9-10H2/t14-/m0/s1. The number of carbonyl (C=O) groups excluding carboxylic acids is 1. The fourth-order valence-electron chi connectivity index (χ4n) is 2.33. The van der Waals surface area contributed by atoms with Gasteiger partial charge >= 0.3 is 0 Å². The summed E-state index contributed by atoms with van der Waals surface area (Å²) in [6, 6.07) is 14.9. The number of hydrogen-bond acceptors (Lipinski definition) is 2. The molecule has 0 bridgehead atoms. The summed E-state index contributed by atoms with van der Waals surface area (Å²) in [5, 5.41) is 0.640. The first kappa shape index (κ1) is 12.2. The molecule has 3 heteroatoms. The minimum atomic E-state index is -0.0550. The van der Waals surface area contributed by atoms with Crippen LogP contribution in [0.25, 0.3) is 0 Å². The van der Waals surface area contributed by atoms with Crippen molar-refractivity contribution in [3.05, 3.63) is 64.7 Å². The van der Waals surface area contributed by atoms with Crippen molar-refractivity contribution in [2.45, 2.75) is 18.9 Å². The zero-order valence-electron chi connectivity index (χ0n) is 10.3. The lowest BCUT2D eigenvalue weighted by Gasteiger charge is -2.09. The highest BCUT2D eigenvalue weighted by atomic mass is 35.5. The van der Waals surface area contributed by atoms with Gasteiger partial charge in [0.2, 0.25) is 0 Å². The molecular formula is C16H13ClO2. The maximum absolute atomic E-state index is 12.1. The molecule has 3 rings (SSSR count). The Morgan fingerprint density at radius 2 is 1.89 bits per heavy atom. The minimum absolute atomic E-state index is 0.0550. The highest BCUT2D eigenvalue weighted by molar-refractivity contribution is 6.30. The SMILES string of the molecule is O=C(C[C@@H]1Cc2ccccc2O1)c1ccc(Cl)cc1. The molecule has 0 saturated heterocycles. The van der Waals surface area contributed by atoms with E-state index in [1.165, 1.54) is 5.56 Å². The van der Waals surface area contributed by atoms with Crippen molar-refractivity contribution in [2.75, 3.05) is 0 Å². The Kier molecular flexibility index (Phi) is 3.26. The van der Waals surface area contributed by atoms with Crippen molar-refractivity contribution in [2.24, 2.45) is 0 Å². The molecule has 19 heavy (non-hydrogen) atoms. The molecule has 0 aromatic heterocycles. The second kappa shape index (κ2) is 5.06. The number of ether oxygens (including phenoxy) is 1. The number of benzene rings is 2. The molecule has 1 aliphatic rings.